The SMILES string of the molecule is CC(CC(C)(C)C)c1ccccc1NC(=O)c1ccccc1I.O=c1ccoc2ccccc12. The summed E-state index contributed by atoms with van der Waals surface area (Å²) in [6.07, 6.45) is 2.48. The van der Waals surface area contributed by atoms with E-state index >= 15 is 0 Å². The van der Waals surface area contributed by atoms with Crippen LogP contribution in [0.3, 0.4) is 0 Å². The van der Waals surface area contributed by atoms with E-state index in [1.165, 1.54) is 17.9 Å². The molecule has 0 spiro atoms. The Kier molecular flexibility index (Phi) is 8.67. The number of hydrogen-bond acceptors (Lipinski definition) is 3. The second-order valence-electron chi connectivity index (χ2n) is 9.47. The molecule has 0 aliphatic heterocycles. The van der Waals surface area contributed by atoms with Gasteiger partial charge in [-0.3, -0.25) is 9.59 Å². The number of amides is 1. The average molecular weight is 567 g/mol. The van der Waals surface area contributed by atoms with E-state index < -0.39 is 0 Å². The first-order valence-electron chi connectivity index (χ1n) is 11.3. The van der Waals surface area contributed by atoms with Gasteiger partial charge in [-0.25, -0.2) is 0 Å². The fourth-order valence-electron chi connectivity index (χ4n) is 3.94. The Balaban J connectivity index is 0.000000243. The van der Waals surface area contributed by atoms with Gasteiger partial charge < -0.3 is 9.73 Å². The molecule has 5 heteroatoms. The Morgan fingerprint density at radius 1 is 0.941 bits per heavy atom. The van der Waals surface area contributed by atoms with Gasteiger partial charge in [0.25, 0.3) is 5.91 Å². The molecule has 1 heterocycles. The van der Waals surface area contributed by atoms with Crippen molar-refractivity contribution in [3.8, 4) is 0 Å². The number of benzene rings is 3. The van der Waals surface area contributed by atoms with E-state index in [0.29, 0.717) is 22.5 Å². The van der Waals surface area contributed by atoms with E-state index in [-0.39, 0.29) is 16.8 Å². The predicted molar refractivity (Wildman–Crippen MR) is 149 cm³/mol. The quantitative estimate of drug-likeness (QED) is 0.255. The van der Waals surface area contributed by atoms with Gasteiger partial charge in [0.05, 0.1) is 17.2 Å². The molecule has 0 radical (unpaired) electrons. The van der Waals surface area contributed by atoms with Crippen LogP contribution < -0.4 is 10.7 Å². The van der Waals surface area contributed by atoms with Crippen LogP contribution in [0.5, 0.6) is 0 Å². The molecule has 176 valence electrons. The fraction of sp³-hybridized carbons (Fsp3) is 0.241. The van der Waals surface area contributed by atoms with E-state index in [1.54, 1.807) is 12.1 Å². The van der Waals surface area contributed by atoms with Crippen LogP contribution in [-0.4, -0.2) is 5.91 Å². The number of anilines is 1. The lowest BCUT2D eigenvalue weighted by Gasteiger charge is -2.25. The number of rotatable bonds is 4. The fourth-order valence-corrected chi connectivity index (χ4v) is 4.57. The minimum Gasteiger partial charge on any atom is -0.464 e. The number of nitrogens with one attached hydrogen (secondary N) is 1. The molecule has 0 saturated carbocycles. The lowest BCUT2D eigenvalue weighted by Crippen LogP contribution is -2.16. The number of para-hydroxylation sites is 2. The largest absolute Gasteiger partial charge is 0.464 e. The highest BCUT2D eigenvalue weighted by molar-refractivity contribution is 14.1. The normalized spacial score (nSPS) is 11.9. The van der Waals surface area contributed by atoms with Gasteiger partial charge in [-0.05, 0) is 76.2 Å². The maximum atomic E-state index is 12.6. The summed E-state index contributed by atoms with van der Waals surface area (Å²) in [4.78, 5) is 23.7. The van der Waals surface area contributed by atoms with Crippen molar-refractivity contribution >= 4 is 45.2 Å². The Labute approximate surface area is 214 Å². The van der Waals surface area contributed by atoms with E-state index in [9.17, 15) is 9.59 Å². The standard InChI is InChI=1S/C20H24INO.C9H6O2/c1-14(13-20(2,3)4)15-9-6-8-12-18(15)22-19(23)16-10-5-7-11-17(16)21;10-8-5-6-11-9-4-2-1-3-7(8)9/h5-12,14H,13H2,1-4H3,(H,22,23);1-6H. The first-order chi connectivity index (χ1) is 16.2. The molecule has 4 aromatic rings. The van der Waals surface area contributed by atoms with Gasteiger partial charge in [0.2, 0.25) is 0 Å². The summed E-state index contributed by atoms with van der Waals surface area (Å²) in [5.74, 6) is 0.340. The first-order valence-corrected chi connectivity index (χ1v) is 12.3. The Hall–Kier alpha value is -2.93. The van der Waals surface area contributed by atoms with Gasteiger partial charge in [-0.1, -0.05) is 70.2 Å². The third-order valence-electron chi connectivity index (χ3n) is 5.34. The zero-order chi connectivity index (χ0) is 24.7. The highest BCUT2D eigenvalue weighted by Crippen LogP contribution is 2.34. The minimum atomic E-state index is -0.0505. The van der Waals surface area contributed by atoms with Crippen LogP contribution in [0, 0.1) is 8.99 Å². The molecule has 1 N–H and O–H groups in total. The van der Waals surface area contributed by atoms with Gasteiger partial charge in [-0.15, -0.1) is 0 Å². The van der Waals surface area contributed by atoms with Crippen LogP contribution in [0.15, 0.2) is 94.3 Å². The summed E-state index contributed by atoms with van der Waals surface area (Å²) in [5, 5.41) is 3.72. The average Bonchev–Trinajstić information content (AvgIpc) is 2.79. The van der Waals surface area contributed by atoms with Crippen LogP contribution in [0.2, 0.25) is 0 Å². The molecule has 1 atom stereocenters. The Morgan fingerprint density at radius 2 is 1.59 bits per heavy atom. The van der Waals surface area contributed by atoms with Crippen molar-refractivity contribution in [1.82, 2.24) is 0 Å². The van der Waals surface area contributed by atoms with E-state index in [0.717, 1.165) is 15.7 Å². The highest BCUT2D eigenvalue weighted by Gasteiger charge is 2.20. The van der Waals surface area contributed by atoms with Gasteiger partial charge in [0.1, 0.15) is 5.58 Å². The van der Waals surface area contributed by atoms with Crippen molar-refractivity contribution in [3.63, 3.8) is 0 Å². The molecule has 0 fully saturated rings. The van der Waals surface area contributed by atoms with Crippen molar-refractivity contribution in [2.75, 3.05) is 5.32 Å². The van der Waals surface area contributed by atoms with Gasteiger partial charge in [0, 0.05) is 15.3 Å². The summed E-state index contributed by atoms with van der Waals surface area (Å²) >= 11 is 2.20. The minimum absolute atomic E-state index is 0.00634. The summed E-state index contributed by atoms with van der Waals surface area (Å²) in [5.41, 5.74) is 3.72. The second kappa shape index (κ2) is 11.5. The van der Waals surface area contributed by atoms with E-state index in [4.69, 9.17) is 4.42 Å². The molecule has 34 heavy (non-hydrogen) atoms. The topological polar surface area (TPSA) is 59.3 Å². The number of carbonyl (C=O) groups excluding carboxylic acids is 1. The van der Waals surface area contributed by atoms with Gasteiger partial charge >= 0.3 is 0 Å². The molecule has 0 saturated heterocycles. The molecule has 4 nitrogen and oxygen atoms in total. The maximum absolute atomic E-state index is 12.6. The lowest BCUT2D eigenvalue weighted by molar-refractivity contribution is 0.102. The van der Waals surface area contributed by atoms with Crippen LogP contribution in [-0.2, 0) is 0 Å². The molecule has 1 aromatic heterocycles. The Bertz CT molecular complexity index is 1320. The molecular formula is C29H30INO3. The van der Waals surface area contributed by atoms with Crippen LogP contribution in [0.1, 0.15) is 56.0 Å². The van der Waals surface area contributed by atoms with Crippen molar-refractivity contribution in [2.45, 2.75) is 40.0 Å². The summed E-state index contributed by atoms with van der Waals surface area (Å²) in [6, 6.07) is 24.4. The Morgan fingerprint density at radius 3 is 2.29 bits per heavy atom. The number of hydrogen-bond donors (Lipinski definition) is 1. The summed E-state index contributed by atoms with van der Waals surface area (Å²) in [7, 11) is 0. The van der Waals surface area contributed by atoms with Crippen LogP contribution in [0.25, 0.3) is 11.0 Å². The monoisotopic (exact) mass is 567 g/mol. The third-order valence-corrected chi connectivity index (χ3v) is 6.28. The second-order valence-corrected chi connectivity index (χ2v) is 10.6. The summed E-state index contributed by atoms with van der Waals surface area (Å²) in [6.45, 7) is 8.97. The lowest BCUT2D eigenvalue weighted by atomic mass is 9.82. The zero-order valence-corrected chi connectivity index (χ0v) is 22.1. The molecule has 0 aliphatic carbocycles. The molecule has 1 unspecified atom stereocenters. The number of fused-ring (bicyclic) bond motifs is 1. The van der Waals surface area contributed by atoms with Crippen molar-refractivity contribution in [1.29, 1.82) is 0 Å². The number of carbonyl (C=O) groups is 1. The van der Waals surface area contributed by atoms with Gasteiger partial charge in [0.15, 0.2) is 5.43 Å². The molecular weight excluding hydrogens is 537 g/mol. The molecule has 1 amide bonds. The zero-order valence-electron chi connectivity index (χ0n) is 20.0. The maximum Gasteiger partial charge on any atom is 0.256 e. The van der Waals surface area contributed by atoms with Gasteiger partial charge in [-0.2, -0.15) is 0 Å². The van der Waals surface area contributed by atoms with Crippen molar-refractivity contribution in [2.24, 2.45) is 5.41 Å². The molecule has 0 bridgehead atoms. The van der Waals surface area contributed by atoms with Crippen molar-refractivity contribution in [3.05, 3.63) is 110 Å². The molecule has 0 aliphatic rings. The van der Waals surface area contributed by atoms with Crippen LogP contribution in [0.4, 0.5) is 5.69 Å². The number of halogens is 1. The van der Waals surface area contributed by atoms with Crippen molar-refractivity contribution < 1.29 is 9.21 Å². The van der Waals surface area contributed by atoms with Crippen LogP contribution >= 0.6 is 22.6 Å². The highest BCUT2D eigenvalue weighted by atomic mass is 127. The first kappa shape index (κ1) is 25.7. The summed E-state index contributed by atoms with van der Waals surface area (Å²) < 4.78 is 6.05. The molecule has 4 rings (SSSR count). The van der Waals surface area contributed by atoms with E-state index in [1.807, 2.05) is 54.6 Å². The third kappa shape index (κ3) is 7.03. The predicted octanol–water partition coefficient (Wildman–Crippen LogP) is 7.88. The molecule has 3 aromatic carbocycles. The van der Waals surface area contributed by atoms with E-state index in [2.05, 4.69) is 61.7 Å². The smallest absolute Gasteiger partial charge is 0.256 e.